The Morgan fingerprint density at radius 1 is 1.35 bits per heavy atom. The summed E-state index contributed by atoms with van der Waals surface area (Å²) < 4.78 is 0. The molecule has 2 rings (SSSR count). The minimum absolute atomic E-state index is 0.114. The number of likely N-dealkylation sites (N-methyl/N-ethyl adjacent to an activating group) is 1. The van der Waals surface area contributed by atoms with E-state index in [2.05, 4.69) is 36.2 Å². The van der Waals surface area contributed by atoms with Crippen LogP contribution < -0.4 is 10.6 Å². The Labute approximate surface area is 139 Å². The molecule has 23 heavy (non-hydrogen) atoms. The van der Waals surface area contributed by atoms with E-state index in [4.69, 9.17) is 0 Å². The first kappa shape index (κ1) is 17.5. The summed E-state index contributed by atoms with van der Waals surface area (Å²) in [5, 5.41) is 6.74. The maximum absolute atomic E-state index is 12.6. The van der Waals surface area contributed by atoms with Crippen LogP contribution in [0, 0.1) is 0 Å². The number of benzene rings is 1. The molecule has 0 radical (unpaired) electrons. The zero-order valence-corrected chi connectivity index (χ0v) is 14.3. The number of hydrogen-bond donors (Lipinski definition) is 2. The number of likely N-dealkylation sites (tertiary alicyclic amines) is 1. The molecule has 2 N–H and O–H groups in total. The van der Waals surface area contributed by atoms with Gasteiger partial charge < -0.3 is 15.5 Å². The fourth-order valence-corrected chi connectivity index (χ4v) is 2.88. The van der Waals surface area contributed by atoms with Gasteiger partial charge in [0.2, 0.25) is 0 Å². The van der Waals surface area contributed by atoms with Crippen molar-refractivity contribution in [2.45, 2.75) is 39.2 Å². The van der Waals surface area contributed by atoms with E-state index in [0.29, 0.717) is 0 Å². The molecule has 1 heterocycles. The Kier molecular flexibility index (Phi) is 6.59. The van der Waals surface area contributed by atoms with Crippen LogP contribution in [0.5, 0.6) is 0 Å². The highest BCUT2D eigenvalue weighted by Crippen LogP contribution is 2.27. The average Bonchev–Trinajstić information content (AvgIpc) is 2.60. The highest BCUT2D eigenvalue weighted by Gasteiger charge is 2.19. The Bertz CT molecular complexity index is 538. The summed E-state index contributed by atoms with van der Waals surface area (Å²) in [5.41, 5.74) is 2.37. The fraction of sp³-hybridized carbons (Fsp3) is 0.556. The van der Waals surface area contributed by atoms with Crippen molar-refractivity contribution in [3.63, 3.8) is 0 Å². The Balaban J connectivity index is 2.13. The first-order valence-electron chi connectivity index (χ1n) is 8.53. The molecule has 1 aromatic carbocycles. The highest BCUT2D eigenvalue weighted by atomic mass is 16.2. The van der Waals surface area contributed by atoms with E-state index in [-0.39, 0.29) is 11.9 Å². The second-order valence-corrected chi connectivity index (χ2v) is 6.10. The Hall–Kier alpha value is -1.88. The molecule has 1 atom stereocenters. The second kappa shape index (κ2) is 8.67. The van der Waals surface area contributed by atoms with Gasteiger partial charge in [0.25, 0.3) is 5.91 Å². The van der Waals surface area contributed by atoms with Crippen molar-refractivity contribution in [1.29, 1.82) is 0 Å². The first-order valence-corrected chi connectivity index (χ1v) is 8.53. The van der Waals surface area contributed by atoms with E-state index in [1.165, 1.54) is 6.42 Å². The van der Waals surface area contributed by atoms with Crippen LogP contribution in [-0.4, -0.2) is 49.7 Å². The third kappa shape index (κ3) is 4.79. The summed E-state index contributed by atoms with van der Waals surface area (Å²) in [6.07, 6.45) is 3.42. The lowest BCUT2D eigenvalue weighted by Crippen LogP contribution is -2.35. The van der Waals surface area contributed by atoms with Gasteiger partial charge in [0, 0.05) is 31.2 Å². The summed E-state index contributed by atoms with van der Waals surface area (Å²) >= 11 is 0. The maximum Gasteiger partial charge on any atom is 0.253 e. The molecule has 1 saturated heterocycles. The van der Waals surface area contributed by atoms with Crippen LogP contribution in [0.4, 0.5) is 11.4 Å². The van der Waals surface area contributed by atoms with Gasteiger partial charge in [-0.1, -0.05) is 6.92 Å². The molecule has 0 aliphatic carbocycles. The van der Waals surface area contributed by atoms with Gasteiger partial charge in [0.1, 0.15) is 0 Å². The molecule has 0 unspecified atom stereocenters. The predicted molar refractivity (Wildman–Crippen MR) is 97.0 cm³/mol. The molecule has 1 aliphatic rings. The molecule has 1 aliphatic heterocycles. The van der Waals surface area contributed by atoms with E-state index in [9.17, 15) is 4.79 Å². The third-order valence-electron chi connectivity index (χ3n) is 4.16. The van der Waals surface area contributed by atoms with Crippen molar-refractivity contribution in [2.75, 3.05) is 31.5 Å². The van der Waals surface area contributed by atoms with Crippen LogP contribution in [0.2, 0.25) is 0 Å². The van der Waals surface area contributed by atoms with Crippen LogP contribution in [-0.2, 0) is 0 Å². The number of piperidine rings is 1. The van der Waals surface area contributed by atoms with Crippen LogP contribution in [0.1, 0.15) is 43.5 Å². The van der Waals surface area contributed by atoms with Crippen LogP contribution in [0.25, 0.3) is 0 Å². The molecule has 0 spiro atoms. The Morgan fingerprint density at radius 2 is 2.09 bits per heavy atom. The van der Waals surface area contributed by atoms with E-state index in [1.807, 2.05) is 23.1 Å². The quantitative estimate of drug-likeness (QED) is 0.760. The van der Waals surface area contributed by atoms with Crippen LogP contribution in [0.15, 0.2) is 23.2 Å². The van der Waals surface area contributed by atoms with Gasteiger partial charge in [0.15, 0.2) is 0 Å². The number of amides is 1. The number of aliphatic imine (C=N–C) groups is 1. The minimum Gasteiger partial charge on any atom is -0.380 e. The molecule has 5 nitrogen and oxygen atoms in total. The van der Waals surface area contributed by atoms with Crippen LogP contribution >= 0.6 is 0 Å². The second-order valence-electron chi connectivity index (χ2n) is 6.10. The summed E-state index contributed by atoms with van der Waals surface area (Å²) in [5.74, 6) is 0.114. The van der Waals surface area contributed by atoms with E-state index in [0.717, 1.165) is 56.0 Å². The topological polar surface area (TPSA) is 56.7 Å². The number of carbonyl (C=O) groups excluding carboxylic acids is 1. The molecule has 0 bridgehead atoms. The largest absolute Gasteiger partial charge is 0.380 e. The average molecular weight is 316 g/mol. The van der Waals surface area contributed by atoms with Gasteiger partial charge >= 0.3 is 0 Å². The van der Waals surface area contributed by atoms with Crippen molar-refractivity contribution in [3.8, 4) is 0 Å². The monoisotopic (exact) mass is 316 g/mol. The lowest BCUT2D eigenvalue weighted by molar-refractivity contribution is 0.0724. The third-order valence-corrected chi connectivity index (χ3v) is 4.16. The number of anilines is 1. The SMILES string of the molecule is C=Nc1ccc(C(=O)N2CCCCC2)cc1N[C@@H](C)CNCC. The van der Waals surface area contributed by atoms with Crippen molar-refractivity contribution in [2.24, 2.45) is 4.99 Å². The summed E-state index contributed by atoms with van der Waals surface area (Å²) in [4.78, 5) is 18.7. The van der Waals surface area contributed by atoms with Gasteiger partial charge in [-0.3, -0.25) is 9.79 Å². The normalized spacial score (nSPS) is 16.0. The minimum atomic E-state index is 0.114. The maximum atomic E-state index is 12.6. The predicted octanol–water partition coefficient (Wildman–Crippen LogP) is 3.05. The van der Waals surface area contributed by atoms with Crippen molar-refractivity contribution in [3.05, 3.63) is 23.8 Å². The lowest BCUT2D eigenvalue weighted by atomic mass is 10.1. The van der Waals surface area contributed by atoms with Crippen molar-refractivity contribution in [1.82, 2.24) is 10.2 Å². The molecule has 1 amide bonds. The van der Waals surface area contributed by atoms with Crippen molar-refractivity contribution < 1.29 is 4.79 Å². The zero-order chi connectivity index (χ0) is 16.7. The molecule has 1 aromatic rings. The fourth-order valence-electron chi connectivity index (χ4n) is 2.88. The number of rotatable bonds is 7. The smallest absolute Gasteiger partial charge is 0.253 e. The molecule has 5 heteroatoms. The van der Waals surface area contributed by atoms with Gasteiger partial charge in [-0.05, 0) is 57.6 Å². The Morgan fingerprint density at radius 3 is 2.74 bits per heavy atom. The summed E-state index contributed by atoms with van der Waals surface area (Å²) in [6, 6.07) is 5.87. The van der Waals surface area contributed by atoms with E-state index >= 15 is 0 Å². The van der Waals surface area contributed by atoms with Gasteiger partial charge in [0.05, 0.1) is 11.4 Å². The highest BCUT2D eigenvalue weighted by molar-refractivity contribution is 5.96. The number of carbonyl (C=O) groups is 1. The van der Waals surface area contributed by atoms with Gasteiger partial charge in [-0.15, -0.1) is 0 Å². The molecule has 0 saturated carbocycles. The van der Waals surface area contributed by atoms with Gasteiger partial charge in [-0.25, -0.2) is 0 Å². The zero-order valence-electron chi connectivity index (χ0n) is 14.3. The van der Waals surface area contributed by atoms with E-state index < -0.39 is 0 Å². The number of nitrogens with zero attached hydrogens (tertiary/aromatic N) is 2. The number of hydrogen-bond acceptors (Lipinski definition) is 4. The van der Waals surface area contributed by atoms with Gasteiger partial charge in [-0.2, -0.15) is 0 Å². The molecular weight excluding hydrogens is 288 g/mol. The lowest BCUT2D eigenvalue weighted by Gasteiger charge is -2.27. The molecule has 1 fully saturated rings. The van der Waals surface area contributed by atoms with Crippen LogP contribution in [0.3, 0.4) is 0 Å². The molecular formula is C18H28N4O. The van der Waals surface area contributed by atoms with Crippen molar-refractivity contribution >= 4 is 24.0 Å². The standard InChI is InChI=1S/C18H28N4O/c1-4-20-13-14(2)21-17-12-15(8-9-16(17)19-3)18(23)22-10-6-5-7-11-22/h8-9,12,14,20-21H,3-7,10-11,13H2,1-2H3/t14-/m0/s1. The number of nitrogens with one attached hydrogen (secondary N) is 2. The van der Waals surface area contributed by atoms with E-state index in [1.54, 1.807) is 0 Å². The first-order chi connectivity index (χ1) is 11.2. The summed E-state index contributed by atoms with van der Waals surface area (Å²) in [7, 11) is 0. The molecule has 126 valence electrons. The molecule has 0 aromatic heterocycles. The summed E-state index contributed by atoms with van der Waals surface area (Å²) in [6.45, 7) is 11.3.